The number of halogens is 1. The molecule has 0 aliphatic heterocycles. The first-order valence-electron chi connectivity index (χ1n) is 8.58. The van der Waals surface area contributed by atoms with Crippen molar-refractivity contribution in [1.82, 2.24) is 4.98 Å². The zero-order chi connectivity index (χ0) is 20.4. The summed E-state index contributed by atoms with van der Waals surface area (Å²) in [7, 11) is 0. The average Bonchev–Trinajstić information content (AvgIpc) is 3.21. The molecule has 1 aromatic carbocycles. The van der Waals surface area contributed by atoms with Crippen molar-refractivity contribution in [3.8, 4) is 0 Å². The minimum atomic E-state index is -0.725. The van der Waals surface area contributed by atoms with Gasteiger partial charge in [-0.1, -0.05) is 6.07 Å². The molecule has 0 aliphatic carbocycles. The summed E-state index contributed by atoms with van der Waals surface area (Å²) >= 11 is 1.08. The normalized spacial score (nSPS) is 10.9. The van der Waals surface area contributed by atoms with E-state index in [-0.39, 0.29) is 22.6 Å². The van der Waals surface area contributed by atoms with Crippen LogP contribution < -0.4 is 0 Å². The number of thiophene rings is 1. The van der Waals surface area contributed by atoms with E-state index >= 15 is 0 Å². The molecule has 8 heteroatoms. The molecule has 146 valence electrons. The molecule has 0 atom stereocenters. The van der Waals surface area contributed by atoms with Crippen molar-refractivity contribution in [2.45, 2.75) is 20.8 Å². The predicted octanol–water partition coefficient (Wildman–Crippen LogP) is 4.20. The zero-order valence-electron chi connectivity index (χ0n) is 15.6. The lowest BCUT2D eigenvalue weighted by molar-refractivity contribution is 0.0476. The highest BCUT2D eigenvalue weighted by molar-refractivity contribution is 7.20. The van der Waals surface area contributed by atoms with Gasteiger partial charge in [-0.2, -0.15) is 0 Å². The molecule has 0 aliphatic rings. The number of aryl methyl sites for hydroxylation is 2. The van der Waals surface area contributed by atoms with E-state index in [1.807, 2.05) is 0 Å². The van der Waals surface area contributed by atoms with Crippen LogP contribution in [0.4, 0.5) is 4.39 Å². The fraction of sp³-hybridized carbons (Fsp3) is 0.250. The van der Waals surface area contributed by atoms with Crippen LogP contribution in [0.15, 0.2) is 24.3 Å². The molecular formula is C20H18FNO5S. The Morgan fingerprint density at radius 3 is 2.46 bits per heavy atom. The molecule has 0 fully saturated rings. The molecule has 28 heavy (non-hydrogen) atoms. The van der Waals surface area contributed by atoms with Crippen LogP contribution in [0.5, 0.6) is 0 Å². The van der Waals surface area contributed by atoms with Crippen molar-refractivity contribution in [3.05, 3.63) is 57.5 Å². The van der Waals surface area contributed by atoms with Gasteiger partial charge in [0.15, 0.2) is 6.61 Å². The van der Waals surface area contributed by atoms with E-state index in [1.165, 1.54) is 12.1 Å². The molecule has 0 unspecified atom stereocenters. The second-order valence-electron chi connectivity index (χ2n) is 6.11. The summed E-state index contributed by atoms with van der Waals surface area (Å²) < 4.78 is 24.5. The highest BCUT2D eigenvalue weighted by Gasteiger charge is 2.26. The van der Waals surface area contributed by atoms with Crippen LogP contribution >= 0.6 is 11.3 Å². The highest BCUT2D eigenvalue weighted by atomic mass is 32.1. The summed E-state index contributed by atoms with van der Waals surface area (Å²) in [6.45, 7) is 4.62. The minimum Gasteiger partial charge on any atom is -0.462 e. The van der Waals surface area contributed by atoms with Crippen LogP contribution in [0, 0.1) is 19.7 Å². The third-order valence-corrected chi connectivity index (χ3v) is 5.26. The van der Waals surface area contributed by atoms with Gasteiger partial charge < -0.3 is 14.5 Å². The minimum absolute atomic E-state index is 0.143. The molecule has 0 saturated heterocycles. The zero-order valence-corrected chi connectivity index (χ0v) is 16.4. The fourth-order valence-electron chi connectivity index (χ4n) is 2.99. The Bertz CT molecular complexity index is 1080. The van der Waals surface area contributed by atoms with Crippen molar-refractivity contribution < 1.29 is 28.2 Å². The number of hydrogen-bond acceptors (Lipinski definition) is 6. The van der Waals surface area contributed by atoms with E-state index in [9.17, 15) is 18.8 Å². The Hall–Kier alpha value is -3.00. The number of Topliss-reactive ketones (excluding diaryl/α,β-unsaturated/α-hetero) is 1. The van der Waals surface area contributed by atoms with E-state index in [4.69, 9.17) is 9.47 Å². The van der Waals surface area contributed by atoms with Crippen LogP contribution in [-0.2, 0) is 9.47 Å². The Morgan fingerprint density at radius 1 is 1.07 bits per heavy atom. The quantitative estimate of drug-likeness (QED) is 0.492. The van der Waals surface area contributed by atoms with Gasteiger partial charge in [0, 0.05) is 21.5 Å². The largest absolute Gasteiger partial charge is 0.462 e. The Morgan fingerprint density at radius 2 is 1.79 bits per heavy atom. The van der Waals surface area contributed by atoms with Gasteiger partial charge in [-0.05, 0) is 39.0 Å². The van der Waals surface area contributed by atoms with Crippen LogP contribution in [0.25, 0.3) is 10.1 Å². The molecule has 0 bridgehead atoms. The lowest BCUT2D eigenvalue weighted by atomic mass is 10.1. The van der Waals surface area contributed by atoms with Gasteiger partial charge in [0.25, 0.3) is 0 Å². The molecule has 3 aromatic rings. The maximum absolute atomic E-state index is 13.8. The molecule has 6 nitrogen and oxygen atoms in total. The van der Waals surface area contributed by atoms with Crippen molar-refractivity contribution >= 4 is 39.1 Å². The Balaban J connectivity index is 1.77. The molecule has 2 aromatic heterocycles. The molecule has 0 amide bonds. The van der Waals surface area contributed by atoms with Gasteiger partial charge in [0.05, 0.1) is 17.7 Å². The number of aromatic nitrogens is 1. The highest BCUT2D eigenvalue weighted by Crippen LogP contribution is 2.28. The topological polar surface area (TPSA) is 85.5 Å². The van der Waals surface area contributed by atoms with E-state index in [0.717, 1.165) is 11.3 Å². The number of H-pyrrole nitrogens is 1. The number of fused-ring (bicyclic) bond motifs is 1. The first-order chi connectivity index (χ1) is 13.3. The molecule has 1 N–H and O–H groups in total. The molecule has 0 spiro atoms. The summed E-state index contributed by atoms with van der Waals surface area (Å²) in [6, 6.07) is 5.96. The summed E-state index contributed by atoms with van der Waals surface area (Å²) in [6.07, 6.45) is 0. The number of benzene rings is 1. The summed E-state index contributed by atoms with van der Waals surface area (Å²) in [4.78, 5) is 40.2. The van der Waals surface area contributed by atoms with Crippen LogP contribution in [-0.4, -0.2) is 35.9 Å². The van der Waals surface area contributed by atoms with Crippen molar-refractivity contribution in [2.75, 3.05) is 13.2 Å². The van der Waals surface area contributed by atoms with Crippen molar-refractivity contribution in [1.29, 1.82) is 0 Å². The first kappa shape index (κ1) is 19.8. The summed E-state index contributed by atoms with van der Waals surface area (Å²) in [5.41, 5.74) is 1.28. The number of esters is 2. The van der Waals surface area contributed by atoms with Crippen molar-refractivity contribution in [2.24, 2.45) is 0 Å². The average molecular weight is 403 g/mol. The monoisotopic (exact) mass is 403 g/mol. The smallest absolute Gasteiger partial charge is 0.348 e. The second-order valence-corrected chi connectivity index (χ2v) is 7.19. The third-order valence-electron chi connectivity index (χ3n) is 4.18. The van der Waals surface area contributed by atoms with Crippen LogP contribution in [0.1, 0.15) is 48.7 Å². The number of ether oxygens (including phenoxy) is 2. The molecule has 3 rings (SSSR count). The number of carbonyl (C=O) groups excluding carboxylic acids is 3. The van der Waals surface area contributed by atoms with E-state index in [2.05, 4.69) is 4.98 Å². The summed E-state index contributed by atoms with van der Waals surface area (Å²) in [5, 5.41) is 0.326. The SMILES string of the molecule is CCOC(=O)c1c(C)[nH]c(C)c1C(=O)COC(=O)c1cc2c(F)cccc2s1. The Labute approximate surface area is 164 Å². The number of aromatic amines is 1. The molecule has 0 radical (unpaired) electrons. The van der Waals surface area contributed by atoms with Crippen molar-refractivity contribution in [3.63, 3.8) is 0 Å². The van der Waals surface area contributed by atoms with Gasteiger partial charge in [-0.15, -0.1) is 11.3 Å². The van der Waals surface area contributed by atoms with Gasteiger partial charge in [0.1, 0.15) is 10.7 Å². The number of carbonyl (C=O) groups is 3. The van der Waals surface area contributed by atoms with E-state index in [0.29, 0.717) is 21.5 Å². The standard InChI is InChI=1S/C20H18FNO5S/c1-4-26-20(25)18-11(3)22-10(2)17(18)14(23)9-27-19(24)16-8-12-13(21)6-5-7-15(12)28-16/h5-8,22H,4,9H2,1-3H3. The molecule has 0 saturated carbocycles. The molecular weight excluding hydrogens is 385 g/mol. The maximum Gasteiger partial charge on any atom is 0.348 e. The van der Waals surface area contributed by atoms with Gasteiger partial charge in [-0.3, -0.25) is 4.79 Å². The molecule has 2 heterocycles. The predicted molar refractivity (Wildman–Crippen MR) is 103 cm³/mol. The van der Waals surface area contributed by atoms with Gasteiger partial charge in [0.2, 0.25) is 5.78 Å². The van der Waals surface area contributed by atoms with Gasteiger partial charge in [-0.25, -0.2) is 14.0 Å². The number of hydrogen-bond donors (Lipinski definition) is 1. The van der Waals surface area contributed by atoms with Gasteiger partial charge >= 0.3 is 11.9 Å². The maximum atomic E-state index is 13.8. The number of ketones is 1. The number of rotatable bonds is 6. The summed E-state index contributed by atoms with van der Waals surface area (Å²) in [5.74, 6) is -2.29. The third kappa shape index (κ3) is 3.68. The van der Waals surface area contributed by atoms with E-state index < -0.39 is 30.1 Å². The van der Waals surface area contributed by atoms with Crippen LogP contribution in [0.3, 0.4) is 0 Å². The fourth-order valence-corrected chi connectivity index (χ4v) is 3.96. The first-order valence-corrected chi connectivity index (χ1v) is 9.39. The number of nitrogens with one attached hydrogen (secondary N) is 1. The lowest BCUT2D eigenvalue weighted by Gasteiger charge is -2.06. The lowest BCUT2D eigenvalue weighted by Crippen LogP contribution is -2.17. The second kappa shape index (κ2) is 7.93. The Kier molecular flexibility index (Phi) is 5.60. The van der Waals surface area contributed by atoms with Crippen LogP contribution in [0.2, 0.25) is 0 Å². The van der Waals surface area contributed by atoms with E-state index in [1.54, 1.807) is 32.9 Å².